The number of amides is 1. The van der Waals surface area contributed by atoms with Gasteiger partial charge in [-0.15, -0.1) is 0 Å². The molecular formula is C23H31N3O2. The lowest BCUT2D eigenvalue weighted by molar-refractivity contribution is -0.134. The third-order valence-electron chi connectivity index (χ3n) is 5.30. The second-order valence-corrected chi connectivity index (χ2v) is 7.54. The molecule has 1 fully saturated rings. The van der Waals surface area contributed by atoms with Gasteiger partial charge in [-0.1, -0.05) is 42.5 Å². The Morgan fingerprint density at radius 2 is 1.64 bits per heavy atom. The van der Waals surface area contributed by atoms with E-state index < -0.39 is 0 Å². The number of carbonyl (C=O) groups excluding carboxylic acids is 1. The molecule has 5 heteroatoms. The number of piperazine rings is 1. The normalized spacial score (nSPS) is 14.9. The van der Waals surface area contributed by atoms with Crippen LogP contribution in [0, 0.1) is 0 Å². The van der Waals surface area contributed by atoms with Crippen molar-refractivity contribution >= 4 is 11.6 Å². The quantitative estimate of drug-likeness (QED) is 0.738. The van der Waals surface area contributed by atoms with Crippen molar-refractivity contribution in [3.63, 3.8) is 0 Å². The summed E-state index contributed by atoms with van der Waals surface area (Å²) in [5, 5.41) is 0. The van der Waals surface area contributed by atoms with E-state index in [1.54, 1.807) is 7.11 Å². The fraction of sp³-hybridized carbons (Fsp3) is 0.435. The molecule has 5 nitrogen and oxygen atoms in total. The van der Waals surface area contributed by atoms with Crippen molar-refractivity contribution in [3.05, 3.63) is 60.2 Å². The maximum Gasteiger partial charge on any atom is 0.237 e. The van der Waals surface area contributed by atoms with Crippen molar-refractivity contribution in [2.45, 2.75) is 26.4 Å². The van der Waals surface area contributed by atoms with Gasteiger partial charge in [-0.3, -0.25) is 9.69 Å². The predicted molar refractivity (Wildman–Crippen MR) is 114 cm³/mol. The molecule has 3 rings (SSSR count). The number of ether oxygens (including phenoxy) is 1. The largest absolute Gasteiger partial charge is 0.495 e. The van der Waals surface area contributed by atoms with E-state index in [2.05, 4.69) is 41.8 Å². The number of hydrogen-bond acceptors (Lipinski definition) is 4. The van der Waals surface area contributed by atoms with Gasteiger partial charge in [0.25, 0.3) is 0 Å². The maximum absolute atomic E-state index is 13.0. The van der Waals surface area contributed by atoms with Crippen molar-refractivity contribution in [3.8, 4) is 5.75 Å². The van der Waals surface area contributed by atoms with Crippen molar-refractivity contribution in [2.24, 2.45) is 0 Å². The molecule has 1 aliphatic rings. The molecule has 0 aliphatic carbocycles. The summed E-state index contributed by atoms with van der Waals surface area (Å²) in [7, 11) is 1.71. The van der Waals surface area contributed by atoms with Gasteiger partial charge in [-0.25, -0.2) is 0 Å². The highest BCUT2D eigenvalue weighted by atomic mass is 16.5. The molecule has 0 aromatic heterocycles. The first-order chi connectivity index (χ1) is 13.6. The molecule has 1 aliphatic heterocycles. The Labute approximate surface area is 168 Å². The molecular weight excluding hydrogens is 350 g/mol. The van der Waals surface area contributed by atoms with Crippen LogP contribution < -0.4 is 9.64 Å². The molecule has 0 bridgehead atoms. The fourth-order valence-electron chi connectivity index (χ4n) is 3.66. The molecule has 1 amide bonds. The van der Waals surface area contributed by atoms with Crippen LogP contribution in [0.4, 0.5) is 5.69 Å². The number of benzene rings is 2. The van der Waals surface area contributed by atoms with Crippen LogP contribution in [-0.4, -0.2) is 61.6 Å². The summed E-state index contributed by atoms with van der Waals surface area (Å²) in [5.74, 6) is 1.10. The minimum atomic E-state index is 0.183. The highest BCUT2D eigenvalue weighted by molar-refractivity contribution is 5.78. The van der Waals surface area contributed by atoms with Crippen LogP contribution in [0.3, 0.4) is 0 Å². The monoisotopic (exact) mass is 381 g/mol. The Kier molecular flexibility index (Phi) is 6.93. The van der Waals surface area contributed by atoms with Crippen LogP contribution in [0.1, 0.15) is 19.4 Å². The van der Waals surface area contributed by atoms with Crippen molar-refractivity contribution in [2.75, 3.05) is 44.7 Å². The van der Waals surface area contributed by atoms with Crippen molar-refractivity contribution in [1.29, 1.82) is 0 Å². The summed E-state index contributed by atoms with van der Waals surface area (Å²) in [4.78, 5) is 19.5. The van der Waals surface area contributed by atoms with Crippen molar-refractivity contribution in [1.82, 2.24) is 9.80 Å². The summed E-state index contributed by atoms with van der Waals surface area (Å²) >= 11 is 0. The lowest BCUT2D eigenvalue weighted by Gasteiger charge is -2.37. The number of para-hydroxylation sites is 2. The van der Waals surface area contributed by atoms with Gasteiger partial charge < -0.3 is 14.5 Å². The summed E-state index contributed by atoms with van der Waals surface area (Å²) in [5.41, 5.74) is 2.30. The van der Waals surface area contributed by atoms with Gasteiger partial charge in [0.1, 0.15) is 5.75 Å². The third-order valence-corrected chi connectivity index (χ3v) is 5.30. The van der Waals surface area contributed by atoms with E-state index >= 15 is 0 Å². The SMILES string of the molecule is COc1ccccc1N1CCN(CC(=O)N(Cc2ccccc2)C(C)C)CC1. The maximum atomic E-state index is 13.0. The van der Waals surface area contributed by atoms with E-state index in [0.717, 1.165) is 37.6 Å². The molecule has 0 spiro atoms. The molecule has 0 unspecified atom stereocenters. The minimum Gasteiger partial charge on any atom is -0.495 e. The molecule has 0 saturated carbocycles. The zero-order chi connectivity index (χ0) is 19.9. The summed E-state index contributed by atoms with van der Waals surface area (Å²) < 4.78 is 5.49. The number of carbonyl (C=O) groups is 1. The standard InChI is InChI=1S/C23H31N3O2/c1-19(2)26(17-20-9-5-4-6-10-20)23(27)18-24-13-15-25(16-14-24)21-11-7-8-12-22(21)28-3/h4-12,19H,13-18H2,1-3H3. The number of anilines is 1. The third kappa shape index (κ3) is 5.04. The van der Waals surface area contributed by atoms with Gasteiger partial charge in [0.05, 0.1) is 19.3 Å². The van der Waals surface area contributed by atoms with E-state index in [1.807, 2.05) is 41.3 Å². The molecule has 0 atom stereocenters. The van der Waals surface area contributed by atoms with Crippen LogP contribution in [-0.2, 0) is 11.3 Å². The molecule has 1 heterocycles. The minimum absolute atomic E-state index is 0.183. The van der Waals surface area contributed by atoms with Crippen LogP contribution in [0.15, 0.2) is 54.6 Å². The van der Waals surface area contributed by atoms with Crippen LogP contribution >= 0.6 is 0 Å². The summed E-state index contributed by atoms with van der Waals surface area (Å²) in [6, 6.07) is 18.5. The zero-order valence-corrected chi connectivity index (χ0v) is 17.2. The Morgan fingerprint density at radius 3 is 2.29 bits per heavy atom. The highest BCUT2D eigenvalue weighted by Crippen LogP contribution is 2.28. The number of rotatable bonds is 7. The Hall–Kier alpha value is -2.53. The van der Waals surface area contributed by atoms with Gasteiger partial charge in [0.2, 0.25) is 5.91 Å². The topological polar surface area (TPSA) is 36.0 Å². The molecule has 150 valence electrons. The van der Waals surface area contributed by atoms with E-state index in [-0.39, 0.29) is 11.9 Å². The van der Waals surface area contributed by atoms with Crippen LogP contribution in [0.5, 0.6) is 5.75 Å². The zero-order valence-electron chi connectivity index (χ0n) is 17.2. The molecule has 1 saturated heterocycles. The fourth-order valence-corrected chi connectivity index (χ4v) is 3.66. The van der Waals surface area contributed by atoms with Gasteiger partial charge in [0, 0.05) is 38.8 Å². The average Bonchev–Trinajstić information content (AvgIpc) is 2.73. The Bertz CT molecular complexity index is 755. The first kappa shape index (κ1) is 20.2. The Morgan fingerprint density at radius 1 is 1.00 bits per heavy atom. The smallest absolute Gasteiger partial charge is 0.237 e. The van der Waals surface area contributed by atoms with E-state index in [0.29, 0.717) is 13.1 Å². The van der Waals surface area contributed by atoms with E-state index in [1.165, 1.54) is 5.56 Å². The number of methoxy groups -OCH3 is 1. The first-order valence-corrected chi connectivity index (χ1v) is 10.0. The Balaban J connectivity index is 1.56. The summed E-state index contributed by atoms with van der Waals surface area (Å²) in [6.45, 7) is 8.86. The van der Waals surface area contributed by atoms with E-state index in [9.17, 15) is 4.79 Å². The number of hydrogen-bond donors (Lipinski definition) is 0. The van der Waals surface area contributed by atoms with Crippen molar-refractivity contribution < 1.29 is 9.53 Å². The number of nitrogens with zero attached hydrogens (tertiary/aromatic N) is 3. The van der Waals surface area contributed by atoms with Crippen LogP contribution in [0.25, 0.3) is 0 Å². The molecule has 0 N–H and O–H groups in total. The summed E-state index contributed by atoms with van der Waals surface area (Å²) in [6.07, 6.45) is 0. The van der Waals surface area contributed by atoms with E-state index in [4.69, 9.17) is 4.74 Å². The van der Waals surface area contributed by atoms with Gasteiger partial charge in [-0.05, 0) is 31.5 Å². The molecule has 2 aromatic rings. The molecule has 28 heavy (non-hydrogen) atoms. The second-order valence-electron chi connectivity index (χ2n) is 7.54. The van der Waals surface area contributed by atoms with Gasteiger partial charge in [0.15, 0.2) is 0 Å². The second kappa shape index (κ2) is 9.60. The van der Waals surface area contributed by atoms with Gasteiger partial charge in [-0.2, -0.15) is 0 Å². The predicted octanol–water partition coefficient (Wildman–Crippen LogP) is 3.25. The lowest BCUT2D eigenvalue weighted by Crippen LogP contribution is -2.51. The first-order valence-electron chi connectivity index (χ1n) is 10.0. The molecule has 2 aromatic carbocycles. The molecule has 0 radical (unpaired) electrons. The highest BCUT2D eigenvalue weighted by Gasteiger charge is 2.24. The lowest BCUT2D eigenvalue weighted by atomic mass is 10.2. The average molecular weight is 382 g/mol. The van der Waals surface area contributed by atoms with Gasteiger partial charge >= 0.3 is 0 Å². The van der Waals surface area contributed by atoms with Crippen LogP contribution in [0.2, 0.25) is 0 Å².